The summed E-state index contributed by atoms with van der Waals surface area (Å²) in [6.07, 6.45) is 3.81. The maximum atomic E-state index is 5.69. The molecule has 2 rings (SSSR count). The van der Waals surface area contributed by atoms with E-state index in [0.717, 1.165) is 39.2 Å². The van der Waals surface area contributed by atoms with Gasteiger partial charge in [-0.3, -0.25) is 4.90 Å². The lowest BCUT2D eigenvalue weighted by Crippen LogP contribution is -2.58. The van der Waals surface area contributed by atoms with Gasteiger partial charge in [-0.05, 0) is 39.8 Å². The van der Waals surface area contributed by atoms with Crippen LogP contribution in [-0.4, -0.2) is 62.5 Å². The summed E-state index contributed by atoms with van der Waals surface area (Å²) in [4.78, 5) is 2.49. The monoisotopic (exact) mass is 256 g/mol. The third kappa shape index (κ3) is 3.23. The third-order valence-electron chi connectivity index (χ3n) is 4.37. The highest BCUT2D eigenvalue weighted by molar-refractivity contribution is 4.92. The smallest absolute Gasteiger partial charge is 0.0703 e. The predicted molar refractivity (Wildman–Crippen MR) is 72.9 cm³/mol. The maximum absolute atomic E-state index is 5.69. The van der Waals surface area contributed by atoms with Gasteiger partial charge >= 0.3 is 0 Å². The molecule has 0 aromatic rings. The molecule has 0 spiro atoms. The van der Waals surface area contributed by atoms with Crippen molar-refractivity contribution in [3.8, 4) is 0 Å². The molecular formula is C14H28N2O2. The maximum Gasteiger partial charge on any atom is 0.0703 e. The fourth-order valence-corrected chi connectivity index (χ4v) is 3.19. The average Bonchev–Trinajstić information content (AvgIpc) is 2.82. The van der Waals surface area contributed by atoms with Crippen LogP contribution >= 0.6 is 0 Å². The minimum atomic E-state index is 0.351. The molecule has 0 amide bonds. The summed E-state index contributed by atoms with van der Waals surface area (Å²) in [7, 11) is 2.23. The molecule has 0 aliphatic carbocycles. The van der Waals surface area contributed by atoms with E-state index in [2.05, 4.69) is 31.1 Å². The predicted octanol–water partition coefficient (Wildman–Crippen LogP) is 1.25. The molecule has 4 nitrogen and oxygen atoms in total. The zero-order valence-corrected chi connectivity index (χ0v) is 12.0. The fourth-order valence-electron chi connectivity index (χ4n) is 3.19. The van der Waals surface area contributed by atoms with Crippen molar-refractivity contribution in [2.24, 2.45) is 0 Å². The molecule has 2 saturated heterocycles. The highest BCUT2D eigenvalue weighted by Crippen LogP contribution is 2.23. The Labute approximate surface area is 111 Å². The van der Waals surface area contributed by atoms with Gasteiger partial charge in [0, 0.05) is 31.3 Å². The molecule has 2 aliphatic rings. The molecule has 2 fully saturated rings. The second-order valence-electron chi connectivity index (χ2n) is 5.59. The van der Waals surface area contributed by atoms with Crippen LogP contribution in [0.5, 0.6) is 0 Å². The Morgan fingerprint density at radius 1 is 1.22 bits per heavy atom. The molecule has 2 aliphatic heterocycles. The molecular weight excluding hydrogens is 228 g/mol. The van der Waals surface area contributed by atoms with Gasteiger partial charge in [-0.2, -0.15) is 0 Å². The van der Waals surface area contributed by atoms with Crippen molar-refractivity contribution in [3.05, 3.63) is 0 Å². The summed E-state index contributed by atoms with van der Waals surface area (Å²) in [5.74, 6) is 0. The molecule has 1 N–H and O–H groups in total. The lowest BCUT2D eigenvalue weighted by Gasteiger charge is -2.41. The molecule has 0 aromatic heterocycles. The van der Waals surface area contributed by atoms with Crippen molar-refractivity contribution in [1.29, 1.82) is 0 Å². The van der Waals surface area contributed by atoms with Gasteiger partial charge < -0.3 is 14.8 Å². The van der Waals surface area contributed by atoms with Gasteiger partial charge in [0.05, 0.1) is 12.7 Å². The SMILES string of the molecule is CCCNC1CCOCC1N(C)C1CCOC1C. The Kier molecular flexibility index (Phi) is 5.42. The first kappa shape index (κ1) is 14.3. The fraction of sp³-hybridized carbons (Fsp3) is 1.00. The summed E-state index contributed by atoms with van der Waals surface area (Å²) in [6, 6.07) is 1.60. The van der Waals surface area contributed by atoms with Crippen molar-refractivity contribution < 1.29 is 9.47 Å². The summed E-state index contributed by atoms with van der Waals surface area (Å²) >= 11 is 0. The van der Waals surface area contributed by atoms with Crippen molar-refractivity contribution >= 4 is 0 Å². The van der Waals surface area contributed by atoms with Crippen LogP contribution in [0.1, 0.15) is 33.1 Å². The van der Waals surface area contributed by atoms with E-state index >= 15 is 0 Å². The van der Waals surface area contributed by atoms with Gasteiger partial charge in [0.15, 0.2) is 0 Å². The van der Waals surface area contributed by atoms with Crippen LogP contribution in [0.2, 0.25) is 0 Å². The van der Waals surface area contributed by atoms with Crippen LogP contribution in [0.3, 0.4) is 0 Å². The van der Waals surface area contributed by atoms with Crippen molar-refractivity contribution in [3.63, 3.8) is 0 Å². The Balaban J connectivity index is 1.94. The Bertz CT molecular complexity index is 250. The summed E-state index contributed by atoms with van der Waals surface area (Å²) in [6.45, 7) is 8.15. The molecule has 18 heavy (non-hydrogen) atoms. The van der Waals surface area contributed by atoms with Gasteiger partial charge in [0.2, 0.25) is 0 Å². The van der Waals surface area contributed by atoms with Gasteiger partial charge in [0.25, 0.3) is 0 Å². The summed E-state index contributed by atoms with van der Waals surface area (Å²) in [5, 5.41) is 3.68. The van der Waals surface area contributed by atoms with E-state index in [-0.39, 0.29) is 0 Å². The van der Waals surface area contributed by atoms with Crippen molar-refractivity contribution in [2.75, 3.05) is 33.4 Å². The van der Waals surface area contributed by atoms with Gasteiger partial charge in [-0.1, -0.05) is 6.92 Å². The van der Waals surface area contributed by atoms with Crippen LogP contribution in [0.4, 0.5) is 0 Å². The van der Waals surface area contributed by atoms with Crippen LogP contribution in [0, 0.1) is 0 Å². The molecule has 0 aromatic carbocycles. The Hall–Kier alpha value is -0.160. The van der Waals surface area contributed by atoms with E-state index in [1.54, 1.807) is 0 Å². The highest BCUT2D eigenvalue weighted by Gasteiger charge is 2.36. The lowest BCUT2D eigenvalue weighted by atomic mass is 9.98. The first-order valence-electron chi connectivity index (χ1n) is 7.38. The van der Waals surface area contributed by atoms with Crippen LogP contribution in [0.25, 0.3) is 0 Å². The standard InChI is InChI=1S/C14H28N2O2/c1-4-7-15-12-5-8-17-10-14(12)16(3)13-6-9-18-11(13)2/h11-15H,4-10H2,1-3H3. The number of nitrogens with one attached hydrogen (secondary N) is 1. The molecule has 0 bridgehead atoms. The van der Waals surface area contributed by atoms with Crippen LogP contribution < -0.4 is 5.32 Å². The largest absolute Gasteiger partial charge is 0.380 e. The van der Waals surface area contributed by atoms with Gasteiger partial charge in [-0.25, -0.2) is 0 Å². The van der Waals surface area contributed by atoms with E-state index in [1.165, 1.54) is 6.42 Å². The van der Waals surface area contributed by atoms with E-state index in [0.29, 0.717) is 24.2 Å². The number of hydrogen-bond donors (Lipinski definition) is 1. The third-order valence-corrected chi connectivity index (χ3v) is 4.37. The Morgan fingerprint density at radius 2 is 2.06 bits per heavy atom. The first-order chi connectivity index (χ1) is 8.74. The van der Waals surface area contributed by atoms with Crippen LogP contribution in [0.15, 0.2) is 0 Å². The minimum absolute atomic E-state index is 0.351. The highest BCUT2D eigenvalue weighted by atomic mass is 16.5. The minimum Gasteiger partial charge on any atom is -0.380 e. The van der Waals surface area contributed by atoms with Gasteiger partial charge in [-0.15, -0.1) is 0 Å². The van der Waals surface area contributed by atoms with Crippen molar-refractivity contribution in [2.45, 2.75) is 57.3 Å². The number of hydrogen-bond acceptors (Lipinski definition) is 4. The zero-order chi connectivity index (χ0) is 13.0. The molecule has 4 unspecified atom stereocenters. The van der Waals surface area contributed by atoms with E-state index < -0.39 is 0 Å². The first-order valence-corrected chi connectivity index (χ1v) is 7.38. The van der Waals surface area contributed by atoms with E-state index in [4.69, 9.17) is 9.47 Å². The Morgan fingerprint density at radius 3 is 2.72 bits per heavy atom. The second kappa shape index (κ2) is 6.85. The van der Waals surface area contributed by atoms with E-state index in [9.17, 15) is 0 Å². The average molecular weight is 256 g/mol. The molecule has 2 heterocycles. The summed E-state index contributed by atoms with van der Waals surface area (Å²) in [5.41, 5.74) is 0. The molecule has 4 heteroatoms. The number of ether oxygens (including phenoxy) is 2. The quantitative estimate of drug-likeness (QED) is 0.803. The zero-order valence-electron chi connectivity index (χ0n) is 12.0. The molecule has 4 atom stereocenters. The molecule has 0 radical (unpaired) electrons. The van der Waals surface area contributed by atoms with Crippen molar-refractivity contribution in [1.82, 2.24) is 10.2 Å². The molecule has 0 saturated carbocycles. The van der Waals surface area contributed by atoms with Crippen LogP contribution in [-0.2, 0) is 9.47 Å². The van der Waals surface area contributed by atoms with E-state index in [1.807, 2.05) is 0 Å². The lowest BCUT2D eigenvalue weighted by molar-refractivity contribution is -0.0204. The second-order valence-corrected chi connectivity index (χ2v) is 5.59. The topological polar surface area (TPSA) is 33.7 Å². The summed E-state index contributed by atoms with van der Waals surface area (Å²) < 4.78 is 11.4. The molecule has 106 valence electrons. The number of rotatable bonds is 5. The number of nitrogens with zero attached hydrogens (tertiary/aromatic N) is 1. The van der Waals surface area contributed by atoms with Gasteiger partial charge in [0.1, 0.15) is 0 Å². The normalized spacial score (nSPS) is 37.3. The number of likely N-dealkylation sites (N-methyl/N-ethyl adjacent to an activating group) is 1.